The summed E-state index contributed by atoms with van der Waals surface area (Å²) in [5, 5.41) is 28.3. The molecule has 1 rings (SSSR count). The van der Waals surface area contributed by atoms with E-state index in [9.17, 15) is 15.0 Å². The second-order valence-corrected chi connectivity index (χ2v) is 4.79. The van der Waals surface area contributed by atoms with Crippen molar-refractivity contribution < 1.29 is 24.9 Å². The quantitative estimate of drug-likeness (QED) is 0.547. The summed E-state index contributed by atoms with van der Waals surface area (Å²) in [6.45, 7) is 0. The molecule has 0 fully saturated rings. The van der Waals surface area contributed by atoms with E-state index in [0.717, 1.165) is 9.65 Å². The Morgan fingerprint density at radius 1 is 1.50 bits per heavy atom. The van der Waals surface area contributed by atoms with Crippen LogP contribution >= 0.6 is 22.6 Å². The van der Waals surface area contributed by atoms with Crippen LogP contribution in [0.2, 0.25) is 0 Å². The van der Waals surface area contributed by atoms with Gasteiger partial charge in [0.15, 0.2) is 0 Å². The van der Waals surface area contributed by atoms with Crippen molar-refractivity contribution in [2.45, 2.75) is 12.2 Å². The summed E-state index contributed by atoms with van der Waals surface area (Å²) >= 11 is 2.05. The molecule has 0 aliphatic rings. The average molecular weight is 364 g/mol. The van der Waals surface area contributed by atoms with Crippen LogP contribution in [-0.2, 0) is 9.53 Å². The highest BCUT2D eigenvalue weighted by Crippen LogP contribution is 2.29. The highest BCUT2D eigenvalue weighted by atomic mass is 127. The molecule has 1 aromatic carbocycles. The Bertz CT molecular complexity index is 458. The lowest BCUT2D eigenvalue weighted by atomic mass is 10.0. The maximum absolute atomic E-state index is 10.4. The first-order valence-electron chi connectivity index (χ1n) is 5.06. The maximum atomic E-state index is 10.4. The summed E-state index contributed by atoms with van der Waals surface area (Å²) in [5.74, 6) is -1.19. The molecule has 0 spiro atoms. The number of hydrogen-bond donors (Lipinski definition) is 3. The van der Waals surface area contributed by atoms with Gasteiger partial charge in [0.25, 0.3) is 0 Å². The molecule has 0 saturated heterocycles. The van der Waals surface area contributed by atoms with Crippen molar-refractivity contribution in [1.29, 1.82) is 0 Å². The molecule has 0 bridgehead atoms. The Morgan fingerprint density at radius 2 is 2.17 bits per heavy atom. The van der Waals surface area contributed by atoms with Crippen LogP contribution in [0.3, 0.4) is 0 Å². The molecule has 0 saturated carbocycles. The number of carbonyl (C=O) groups is 1. The molecule has 98 valence electrons. The number of aromatic hydroxyl groups is 1. The van der Waals surface area contributed by atoms with Gasteiger partial charge in [-0.15, -0.1) is 0 Å². The van der Waals surface area contributed by atoms with Gasteiger partial charge in [-0.3, -0.25) is 0 Å². The fraction of sp³-hybridized carbons (Fsp3) is 0.250. The van der Waals surface area contributed by atoms with Gasteiger partial charge in [-0.2, -0.15) is 0 Å². The molecule has 0 amide bonds. The molecule has 0 radical (unpaired) electrons. The van der Waals surface area contributed by atoms with E-state index in [0.29, 0.717) is 5.56 Å². The van der Waals surface area contributed by atoms with Gasteiger partial charge < -0.3 is 20.1 Å². The monoisotopic (exact) mass is 364 g/mol. The van der Waals surface area contributed by atoms with Crippen molar-refractivity contribution in [3.63, 3.8) is 0 Å². The lowest BCUT2D eigenvalue weighted by Crippen LogP contribution is -2.19. The lowest BCUT2D eigenvalue weighted by molar-refractivity contribution is -0.131. The van der Waals surface area contributed by atoms with Gasteiger partial charge in [0.1, 0.15) is 18.0 Å². The summed E-state index contributed by atoms with van der Waals surface area (Å²) in [7, 11) is 1.35. The van der Waals surface area contributed by atoms with Gasteiger partial charge in [-0.1, -0.05) is 0 Å². The molecular weight excluding hydrogens is 351 g/mol. The third-order valence-electron chi connectivity index (χ3n) is 2.32. The van der Waals surface area contributed by atoms with Crippen molar-refractivity contribution in [1.82, 2.24) is 0 Å². The number of carboxylic acids is 1. The van der Waals surface area contributed by atoms with Crippen LogP contribution in [0.25, 0.3) is 0 Å². The zero-order valence-corrected chi connectivity index (χ0v) is 11.7. The largest absolute Gasteiger partial charge is 0.508 e. The average Bonchev–Trinajstić information content (AvgIpc) is 2.32. The van der Waals surface area contributed by atoms with Crippen molar-refractivity contribution >= 4 is 28.6 Å². The molecule has 1 aromatic rings. The number of halogens is 1. The molecule has 5 nitrogen and oxygen atoms in total. The summed E-state index contributed by atoms with van der Waals surface area (Å²) in [6, 6.07) is 4.77. The smallest absolute Gasteiger partial charge is 0.328 e. The van der Waals surface area contributed by atoms with E-state index in [1.54, 1.807) is 12.1 Å². The minimum atomic E-state index is -1.14. The number of aliphatic carboxylic acids is 1. The van der Waals surface area contributed by atoms with Gasteiger partial charge in [0, 0.05) is 22.3 Å². The van der Waals surface area contributed by atoms with Crippen LogP contribution in [0.1, 0.15) is 11.7 Å². The van der Waals surface area contributed by atoms with E-state index in [1.165, 1.54) is 19.3 Å². The number of aliphatic hydroxyl groups excluding tert-OH is 1. The van der Waals surface area contributed by atoms with Crippen LogP contribution in [0.4, 0.5) is 0 Å². The molecule has 3 N–H and O–H groups in total. The zero-order chi connectivity index (χ0) is 13.7. The van der Waals surface area contributed by atoms with Crippen LogP contribution in [-0.4, -0.2) is 34.5 Å². The molecule has 0 aliphatic heterocycles. The summed E-state index contributed by atoms with van der Waals surface area (Å²) in [5.41, 5.74) is 0.295. The molecular formula is C12H13IO5. The minimum absolute atomic E-state index is 0.0614. The van der Waals surface area contributed by atoms with Crippen molar-refractivity contribution in [3.8, 4) is 5.75 Å². The molecule has 2 atom stereocenters. The Hall–Kier alpha value is -1.12. The number of rotatable bonds is 5. The number of hydrogen-bond acceptors (Lipinski definition) is 4. The Balaban J connectivity index is 2.99. The molecule has 0 heterocycles. The summed E-state index contributed by atoms with van der Waals surface area (Å²) in [6.07, 6.45) is 0.139. The van der Waals surface area contributed by atoms with Gasteiger partial charge >= 0.3 is 5.97 Å². The number of aliphatic hydroxyl groups is 1. The molecule has 0 aliphatic carbocycles. The third-order valence-corrected chi connectivity index (χ3v) is 2.99. The fourth-order valence-corrected chi connectivity index (χ4v) is 1.94. The van der Waals surface area contributed by atoms with Crippen molar-refractivity contribution in [2.24, 2.45) is 0 Å². The lowest BCUT2D eigenvalue weighted by Gasteiger charge is -2.19. The highest BCUT2D eigenvalue weighted by Gasteiger charge is 2.21. The first-order valence-corrected chi connectivity index (χ1v) is 6.14. The van der Waals surface area contributed by atoms with Gasteiger partial charge in [0.05, 0.1) is 0 Å². The SMILES string of the molecule is CO[C@@H](/C=C/C(=O)O)[C@@H](O)c1cc(I)ccc1O. The fourth-order valence-electron chi connectivity index (χ4n) is 1.43. The predicted octanol–water partition coefficient (Wildman–Crippen LogP) is 1.69. The van der Waals surface area contributed by atoms with E-state index in [1.807, 2.05) is 22.6 Å². The van der Waals surface area contributed by atoms with E-state index < -0.39 is 18.2 Å². The first-order chi connectivity index (χ1) is 8.45. The summed E-state index contributed by atoms with van der Waals surface area (Å²) in [4.78, 5) is 10.4. The number of phenolic OH excluding ortho intramolecular Hbond substituents is 1. The maximum Gasteiger partial charge on any atom is 0.328 e. The number of phenols is 1. The molecule has 0 unspecified atom stereocenters. The van der Waals surface area contributed by atoms with Crippen LogP contribution in [0.5, 0.6) is 5.75 Å². The zero-order valence-electron chi connectivity index (χ0n) is 9.58. The van der Waals surface area contributed by atoms with E-state index in [4.69, 9.17) is 9.84 Å². The van der Waals surface area contributed by atoms with Gasteiger partial charge in [-0.25, -0.2) is 4.79 Å². The van der Waals surface area contributed by atoms with Crippen LogP contribution < -0.4 is 0 Å². The number of ether oxygens (including phenoxy) is 1. The number of benzene rings is 1. The van der Waals surface area contributed by atoms with Crippen molar-refractivity contribution in [3.05, 3.63) is 39.5 Å². The van der Waals surface area contributed by atoms with Crippen molar-refractivity contribution in [2.75, 3.05) is 7.11 Å². The third kappa shape index (κ3) is 3.97. The van der Waals surface area contributed by atoms with Crippen LogP contribution in [0, 0.1) is 3.57 Å². The Morgan fingerprint density at radius 3 is 2.72 bits per heavy atom. The standard InChI is InChI=1S/C12H13IO5/c1-18-10(4-5-11(15)16)12(17)8-6-7(13)2-3-9(8)14/h2-6,10,12,14,17H,1H3,(H,15,16)/b5-4+/t10-,12-/m0/s1. The summed E-state index contributed by atoms with van der Waals surface area (Å²) < 4.78 is 5.84. The predicted molar refractivity (Wildman–Crippen MR) is 73.4 cm³/mol. The van der Waals surface area contributed by atoms with E-state index >= 15 is 0 Å². The second kappa shape index (κ2) is 6.72. The van der Waals surface area contributed by atoms with E-state index in [2.05, 4.69) is 0 Å². The Kier molecular flexibility index (Phi) is 5.57. The number of methoxy groups -OCH3 is 1. The number of carboxylic acid groups (broad SMARTS) is 1. The highest BCUT2D eigenvalue weighted by molar-refractivity contribution is 14.1. The Labute approximate surface area is 118 Å². The second-order valence-electron chi connectivity index (χ2n) is 3.55. The van der Waals surface area contributed by atoms with E-state index in [-0.39, 0.29) is 5.75 Å². The molecule has 18 heavy (non-hydrogen) atoms. The normalized spacial score (nSPS) is 14.6. The molecule has 0 aromatic heterocycles. The van der Waals surface area contributed by atoms with Gasteiger partial charge in [-0.05, 0) is 46.9 Å². The van der Waals surface area contributed by atoms with Crippen LogP contribution in [0.15, 0.2) is 30.4 Å². The van der Waals surface area contributed by atoms with Gasteiger partial charge in [0.2, 0.25) is 0 Å². The minimum Gasteiger partial charge on any atom is -0.508 e. The molecule has 6 heteroatoms. The first kappa shape index (κ1) is 14.9. The topological polar surface area (TPSA) is 87.0 Å².